The molecule has 0 unspecified atom stereocenters. The van der Waals surface area contributed by atoms with Crippen molar-refractivity contribution in [3.05, 3.63) is 42.6 Å². The number of hydrogen-bond donors (Lipinski definition) is 1. The van der Waals surface area contributed by atoms with Gasteiger partial charge in [0.1, 0.15) is 12.4 Å². The fourth-order valence-corrected chi connectivity index (χ4v) is 1.80. The Morgan fingerprint density at radius 3 is 2.89 bits per heavy atom. The molecule has 3 aromatic rings. The smallest absolute Gasteiger partial charge is 0.252 e. The molecule has 2 aromatic heterocycles. The molecule has 18 heavy (non-hydrogen) atoms. The molecule has 2 N–H and O–H groups in total. The first-order valence-electron chi connectivity index (χ1n) is 5.25. The minimum Gasteiger partial charge on any atom is -0.398 e. The van der Waals surface area contributed by atoms with Crippen molar-refractivity contribution in [2.24, 2.45) is 0 Å². The average Bonchev–Trinajstić information content (AvgIpc) is 2.88. The Morgan fingerprint density at radius 1 is 1.22 bits per heavy atom. The Bertz CT molecular complexity index is 768. The van der Waals surface area contributed by atoms with Crippen molar-refractivity contribution in [1.29, 1.82) is 5.26 Å². The van der Waals surface area contributed by atoms with Gasteiger partial charge in [-0.3, -0.25) is 4.98 Å². The van der Waals surface area contributed by atoms with Crippen LogP contribution < -0.4 is 5.73 Å². The van der Waals surface area contributed by atoms with Crippen LogP contribution in [0.3, 0.4) is 0 Å². The number of aromatic nitrogens is 4. The number of anilines is 1. The van der Waals surface area contributed by atoms with E-state index in [-0.39, 0.29) is 5.82 Å². The molecule has 0 radical (unpaired) electrons. The molecule has 0 aliphatic carbocycles. The first kappa shape index (κ1) is 10.2. The quantitative estimate of drug-likeness (QED) is 0.642. The third kappa shape index (κ3) is 1.46. The molecule has 0 aliphatic heterocycles. The van der Waals surface area contributed by atoms with E-state index in [1.807, 2.05) is 18.2 Å². The van der Waals surface area contributed by atoms with Gasteiger partial charge in [-0.1, -0.05) is 0 Å². The van der Waals surface area contributed by atoms with Crippen LogP contribution in [-0.2, 0) is 0 Å². The highest BCUT2D eigenvalue weighted by Crippen LogP contribution is 2.24. The summed E-state index contributed by atoms with van der Waals surface area (Å²) in [6.07, 6.45) is 3.17. The van der Waals surface area contributed by atoms with Gasteiger partial charge in [-0.25, -0.2) is 9.67 Å². The summed E-state index contributed by atoms with van der Waals surface area (Å²) in [5.41, 5.74) is 8.02. The average molecular weight is 236 g/mol. The maximum absolute atomic E-state index is 8.73. The van der Waals surface area contributed by atoms with Gasteiger partial charge in [0, 0.05) is 17.3 Å². The zero-order chi connectivity index (χ0) is 12.5. The molecule has 0 amide bonds. The van der Waals surface area contributed by atoms with Gasteiger partial charge in [-0.15, -0.1) is 5.10 Å². The molecule has 0 aliphatic rings. The zero-order valence-electron chi connectivity index (χ0n) is 9.28. The molecular formula is C12H8N6. The van der Waals surface area contributed by atoms with Crippen LogP contribution in [0.5, 0.6) is 0 Å². The van der Waals surface area contributed by atoms with E-state index in [0.717, 1.165) is 16.6 Å². The number of fused-ring (bicyclic) bond motifs is 1. The van der Waals surface area contributed by atoms with E-state index in [4.69, 9.17) is 11.0 Å². The highest BCUT2D eigenvalue weighted by molar-refractivity contribution is 5.95. The number of nitrogens with zero attached hydrogens (tertiary/aromatic N) is 5. The van der Waals surface area contributed by atoms with Gasteiger partial charge in [-0.2, -0.15) is 5.26 Å². The predicted molar refractivity (Wildman–Crippen MR) is 65.8 cm³/mol. The summed E-state index contributed by atoms with van der Waals surface area (Å²) in [7, 11) is 0. The normalized spacial score (nSPS) is 10.4. The molecule has 2 heterocycles. The monoisotopic (exact) mass is 236 g/mol. The van der Waals surface area contributed by atoms with Crippen LogP contribution in [0.15, 0.2) is 36.8 Å². The number of benzene rings is 1. The van der Waals surface area contributed by atoms with Gasteiger partial charge >= 0.3 is 0 Å². The molecule has 3 rings (SSSR count). The standard InChI is InChI=1S/C12H8N6/c13-6-11-16-7-18(17-11)10-4-3-9(14)8-2-1-5-15-12(8)10/h1-5,7H,14H2. The summed E-state index contributed by atoms with van der Waals surface area (Å²) < 4.78 is 1.52. The summed E-state index contributed by atoms with van der Waals surface area (Å²) in [6, 6.07) is 9.20. The topological polar surface area (TPSA) is 93.4 Å². The second-order valence-electron chi connectivity index (χ2n) is 3.70. The lowest BCUT2D eigenvalue weighted by Gasteiger charge is -2.06. The summed E-state index contributed by atoms with van der Waals surface area (Å²) in [5.74, 6) is 0.121. The fraction of sp³-hybridized carbons (Fsp3) is 0. The SMILES string of the molecule is N#Cc1ncn(-c2ccc(N)c3cccnc23)n1. The fourth-order valence-electron chi connectivity index (χ4n) is 1.80. The number of hydrogen-bond acceptors (Lipinski definition) is 5. The molecule has 6 heteroatoms. The van der Waals surface area contributed by atoms with Crippen molar-refractivity contribution >= 4 is 16.6 Å². The van der Waals surface area contributed by atoms with Gasteiger partial charge in [0.25, 0.3) is 5.82 Å². The second kappa shape index (κ2) is 3.82. The second-order valence-corrected chi connectivity index (χ2v) is 3.70. The van der Waals surface area contributed by atoms with Crippen molar-refractivity contribution in [2.75, 3.05) is 5.73 Å². The number of nitrogens with two attached hydrogens (primary N) is 1. The van der Waals surface area contributed by atoms with Gasteiger partial charge < -0.3 is 5.73 Å². The molecule has 86 valence electrons. The lowest BCUT2D eigenvalue weighted by Crippen LogP contribution is -1.99. The highest BCUT2D eigenvalue weighted by atomic mass is 15.3. The summed E-state index contributed by atoms with van der Waals surface area (Å²) in [4.78, 5) is 8.17. The molecule has 0 saturated carbocycles. The minimum absolute atomic E-state index is 0.121. The van der Waals surface area contributed by atoms with Gasteiger partial charge in [-0.05, 0) is 24.3 Å². The first-order chi connectivity index (χ1) is 8.79. The van der Waals surface area contributed by atoms with Crippen molar-refractivity contribution in [1.82, 2.24) is 19.7 Å². The van der Waals surface area contributed by atoms with Crippen molar-refractivity contribution in [2.45, 2.75) is 0 Å². The maximum Gasteiger partial charge on any atom is 0.252 e. The van der Waals surface area contributed by atoms with Crippen molar-refractivity contribution in [3.63, 3.8) is 0 Å². The maximum atomic E-state index is 8.73. The number of pyridine rings is 1. The van der Waals surface area contributed by atoms with E-state index >= 15 is 0 Å². The van der Waals surface area contributed by atoms with Crippen LogP contribution in [0.1, 0.15) is 5.82 Å². The molecule has 0 atom stereocenters. The number of nitrogen functional groups attached to an aromatic ring is 1. The lowest BCUT2D eigenvalue weighted by molar-refractivity contribution is 0.877. The summed E-state index contributed by atoms with van der Waals surface area (Å²) >= 11 is 0. The largest absolute Gasteiger partial charge is 0.398 e. The van der Waals surface area contributed by atoms with E-state index in [1.165, 1.54) is 11.0 Å². The van der Waals surface area contributed by atoms with Gasteiger partial charge in [0.15, 0.2) is 0 Å². The Labute approximate surface area is 102 Å². The van der Waals surface area contributed by atoms with Crippen LogP contribution >= 0.6 is 0 Å². The van der Waals surface area contributed by atoms with Crippen LogP contribution in [0.4, 0.5) is 5.69 Å². The van der Waals surface area contributed by atoms with E-state index in [0.29, 0.717) is 5.69 Å². The Morgan fingerprint density at radius 2 is 2.11 bits per heavy atom. The van der Waals surface area contributed by atoms with Gasteiger partial charge in [0.05, 0.1) is 11.2 Å². The predicted octanol–water partition coefficient (Wildman–Crippen LogP) is 1.27. The van der Waals surface area contributed by atoms with E-state index < -0.39 is 0 Å². The zero-order valence-corrected chi connectivity index (χ0v) is 9.28. The molecule has 6 nitrogen and oxygen atoms in total. The molecule has 0 spiro atoms. The molecule has 0 fully saturated rings. The lowest BCUT2D eigenvalue weighted by atomic mass is 10.1. The van der Waals surface area contributed by atoms with E-state index in [1.54, 1.807) is 18.3 Å². The van der Waals surface area contributed by atoms with Crippen molar-refractivity contribution in [3.8, 4) is 11.8 Å². The van der Waals surface area contributed by atoms with E-state index in [2.05, 4.69) is 15.1 Å². The number of nitriles is 1. The molecular weight excluding hydrogens is 228 g/mol. The Kier molecular flexibility index (Phi) is 2.17. The number of rotatable bonds is 1. The third-order valence-electron chi connectivity index (χ3n) is 2.62. The Balaban J connectivity index is 2.30. The van der Waals surface area contributed by atoms with Crippen LogP contribution in [0, 0.1) is 11.3 Å². The summed E-state index contributed by atoms with van der Waals surface area (Å²) in [6.45, 7) is 0. The summed E-state index contributed by atoms with van der Waals surface area (Å²) in [5, 5.41) is 13.6. The first-order valence-corrected chi connectivity index (χ1v) is 5.25. The van der Waals surface area contributed by atoms with Gasteiger partial charge in [0.2, 0.25) is 0 Å². The molecule has 1 aromatic carbocycles. The van der Waals surface area contributed by atoms with E-state index in [9.17, 15) is 0 Å². The molecule has 0 saturated heterocycles. The Hall–Kier alpha value is -2.94. The van der Waals surface area contributed by atoms with Crippen molar-refractivity contribution < 1.29 is 0 Å². The highest BCUT2D eigenvalue weighted by Gasteiger charge is 2.08. The van der Waals surface area contributed by atoms with Crippen LogP contribution in [-0.4, -0.2) is 19.7 Å². The van der Waals surface area contributed by atoms with Crippen LogP contribution in [0.2, 0.25) is 0 Å². The van der Waals surface area contributed by atoms with Crippen LogP contribution in [0.25, 0.3) is 16.6 Å². The minimum atomic E-state index is 0.121. The molecule has 0 bridgehead atoms. The third-order valence-corrected chi connectivity index (χ3v) is 2.62.